The molecule has 0 atom stereocenters. The second kappa shape index (κ2) is 6.39. The fourth-order valence-corrected chi connectivity index (χ4v) is 3.60. The fourth-order valence-electron chi connectivity index (χ4n) is 2.77. The van der Waals surface area contributed by atoms with Gasteiger partial charge < -0.3 is 10.2 Å². The van der Waals surface area contributed by atoms with Crippen LogP contribution in [0.1, 0.15) is 52.3 Å². The minimum Gasteiger partial charge on any atom is -0.358 e. The lowest BCUT2D eigenvalue weighted by Gasteiger charge is -2.30. The van der Waals surface area contributed by atoms with Gasteiger partial charge in [0.1, 0.15) is 5.82 Å². The first-order valence-corrected chi connectivity index (χ1v) is 8.37. The Labute approximate surface area is 127 Å². The van der Waals surface area contributed by atoms with Crippen LogP contribution in [0.3, 0.4) is 0 Å². The van der Waals surface area contributed by atoms with Crippen molar-refractivity contribution in [3.63, 3.8) is 0 Å². The molecule has 0 aromatic carbocycles. The minimum atomic E-state index is 0.0415. The number of nitrogens with zero attached hydrogens (tertiary/aromatic N) is 3. The third-order valence-electron chi connectivity index (χ3n) is 3.89. The van der Waals surface area contributed by atoms with Crippen LogP contribution in [-0.2, 0) is 5.41 Å². The van der Waals surface area contributed by atoms with Gasteiger partial charge in [-0.2, -0.15) is 4.37 Å². The Kier molecular flexibility index (Phi) is 5.02. The standard InChI is InChI=1S/C15H28N4S/c1-15(2,3)13-17-14(20-18-13)16-12-8-6-11(7-9-12)10-19(4)5/h11-12H,6-10H2,1-5H3,(H,16,17,18). The largest absolute Gasteiger partial charge is 0.358 e. The zero-order valence-electron chi connectivity index (χ0n) is 13.4. The molecule has 0 aliphatic heterocycles. The molecule has 1 fully saturated rings. The van der Waals surface area contributed by atoms with Crippen molar-refractivity contribution in [2.75, 3.05) is 26.0 Å². The van der Waals surface area contributed by atoms with Crippen molar-refractivity contribution < 1.29 is 0 Å². The summed E-state index contributed by atoms with van der Waals surface area (Å²) in [6, 6.07) is 0.578. The van der Waals surface area contributed by atoms with Gasteiger partial charge in [-0.15, -0.1) is 0 Å². The number of rotatable bonds is 4. The number of hydrogen-bond acceptors (Lipinski definition) is 5. The summed E-state index contributed by atoms with van der Waals surface area (Å²) < 4.78 is 4.47. The Morgan fingerprint density at radius 2 is 1.85 bits per heavy atom. The summed E-state index contributed by atoms with van der Waals surface area (Å²) in [5.74, 6) is 1.81. The summed E-state index contributed by atoms with van der Waals surface area (Å²) >= 11 is 1.50. The highest BCUT2D eigenvalue weighted by molar-refractivity contribution is 7.09. The smallest absolute Gasteiger partial charge is 0.202 e. The molecule has 0 bridgehead atoms. The SMILES string of the molecule is CN(C)CC1CCC(Nc2nc(C(C)(C)C)ns2)CC1. The second-order valence-corrected chi connectivity index (χ2v) is 8.05. The first-order valence-electron chi connectivity index (χ1n) is 7.60. The molecule has 4 nitrogen and oxygen atoms in total. The average Bonchev–Trinajstić information content (AvgIpc) is 2.79. The van der Waals surface area contributed by atoms with Crippen molar-refractivity contribution in [3.8, 4) is 0 Å². The van der Waals surface area contributed by atoms with Crippen LogP contribution in [0.2, 0.25) is 0 Å². The zero-order chi connectivity index (χ0) is 14.8. The van der Waals surface area contributed by atoms with Crippen LogP contribution < -0.4 is 5.32 Å². The highest BCUT2D eigenvalue weighted by Crippen LogP contribution is 2.28. The third kappa shape index (κ3) is 4.42. The first kappa shape index (κ1) is 15.7. The molecule has 1 N–H and O–H groups in total. The highest BCUT2D eigenvalue weighted by Gasteiger charge is 2.24. The van der Waals surface area contributed by atoms with E-state index in [1.54, 1.807) is 0 Å². The molecule has 1 aliphatic rings. The van der Waals surface area contributed by atoms with E-state index >= 15 is 0 Å². The number of anilines is 1. The maximum Gasteiger partial charge on any atom is 0.202 e. The Morgan fingerprint density at radius 1 is 1.20 bits per heavy atom. The van der Waals surface area contributed by atoms with Crippen LogP contribution >= 0.6 is 11.5 Å². The van der Waals surface area contributed by atoms with Gasteiger partial charge in [0.25, 0.3) is 0 Å². The Hall–Kier alpha value is -0.680. The van der Waals surface area contributed by atoms with Crippen LogP contribution in [0.15, 0.2) is 0 Å². The molecule has 1 saturated carbocycles. The van der Waals surface area contributed by atoms with E-state index < -0.39 is 0 Å². The molecule has 1 aliphatic carbocycles. The van der Waals surface area contributed by atoms with Gasteiger partial charge in [0.05, 0.1) is 0 Å². The van der Waals surface area contributed by atoms with Crippen molar-refractivity contribution in [1.82, 2.24) is 14.3 Å². The zero-order valence-corrected chi connectivity index (χ0v) is 14.3. The predicted molar refractivity (Wildman–Crippen MR) is 86.5 cm³/mol. The molecule has 1 aromatic rings. The normalized spacial score (nSPS) is 24.1. The van der Waals surface area contributed by atoms with Crippen LogP contribution in [0.25, 0.3) is 0 Å². The van der Waals surface area contributed by atoms with Crippen LogP contribution in [-0.4, -0.2) is 40.9 Å². The second-order valence-electron chi connectivity index (χ2n) is 7.30. The molecular formula is C15H28N4S. The lowest BCUT2D eigenvalue weighted by Crippen LogP contribution is -2.30. The maximum absolute atomic E-state index is 4.63. The molecule has 2 rings (SSSR count). The van der Waals surface area contributed by atoms with Gasteiger partial charge in [-0.05, 0) is 45.7 Å². The van der Waals surface area contributed by atoms with Gasteiger partial charge in [0.2, 0.25) is 5.13 Å². The van der Waals surface area contributed by atoms with Crippen LogP contribution in [0, 0.1) is 5.92 Å². The minimum absolute atomic E-state index is 0.0415. The van der Waals surface area contributed by atoms with E-state index in [4.69, 9.17) is 0 Å². The average molecular weight is 296 g/mol. The number of nitrogens with one attached hydrogen (secondary N) is 1. The van der Waals surface area contributed by atoms with E-state index in [0.29, 0.717) is 6.04 Å². The molecular weight excluding hydrogens is 268 g/mol. The van der Waals surface area contributed by atoms with Gasteiger partial charge in [0, 0.05) is 29.5 Å². The fraction of sp³-hybridized carbons (Fsp3) is 0.867. The van der Waals surface area contributed by atoms with Gasteiger partial charge in [-0.3, -0.25) is 0 Å². The lowest BCUT2D eigenvalue weighted by molar-refractivity contribution is 0.255. The van der Waals surface area contributed by atoms with Crippen LogP contribution in [0.5, 0.6) is 0 Å². The molecule has 1 heterocycles. The molecule has 0 radical (unpaired) electrons. The molecule has 1 aromatic heterocycles. The Bertz CT molecular complexity index is 414. The predicted octanol–water partition coefficient (Wildman–Crippen LogP) is 3.37. The van der Waals surface area contributed by atoms with E-state index in [0.717, 1.165) is 16.9 Å². The number of hydrogen-bond donors (Lipinski definition) is 1. The topological polar surface area (TPSA) is 41.0 Å². The summed E-state index contributed by atoms with van der Waals surface area (Å²) in [5, 5.41) is 4.57. The Balaban J connectivity index is 1.82. The van der Waals surface area contributed by atoms with Gasteiger partial charge in [0.15, 0.2) is 0 Å². The van der Waals surface area contributed by atoms with Crippen LogP contribution in [0.4, 0.5) is 5.13 Å². The van der Waals surface area contributed by atoms with Crippen molar-refractivity contribution in [2.24, 2.45) is 5.92 Å². The third-order valence-corrected chi connectivity index (χ3v) is 4.54. The van der Waals surface area contributed by atoms with E-state index in [2.05, 4.69) is 54.4 Å². The summed E-state index contributed by atoms with van der Waals surface area (Å²) in [7, 11) is 4.33. The van der Waals surface area contributed by atoms with Crippen molar-refractivity contribution in [2.45, 2.75) is 57.9 Å². The van der Waals surface area contributed by atoms with Gasteiger partial charge >= 0.3 is 0 Å². The van der Waals surface area contributed by atoms with E-state index in [-0.39, 0.29) is 5.41 Å². The van der Waals surface area contributed by atoms with E-state index in [9.17, 15) is 0 Å². The monoisotopic (exact) mass is 296 g/mol. The van der Waals surface area contributed by atoms with E-state index in [1.165, 1.54) is 43.8 Å². The van der Waals surface area contributed by atoms with Gasteiger partial charge in [-0.1, -0.05) is 20.8 Å². The summed E-state index contributed by atoms with van der Waals surface area (Å²) in [4.78, 5) is 6.94. The molecule has 5 heteroatoms. The molecule has 20 heavy (non-hydrogen) atoms. The molecule has 0 unspecified atom stereocenters. The highest BCUT2D eigenvalue weighted by atomic mass is 32.1. The van der Waals surface area contributed by atoms with Crippen molar-refractivity contribution in [3.05, 3.63) is 5.82 Å². The first-order chi connectivity index (χ1) is 9.34. The Morgan fingerprint density at radius 3 is 2.35 bits per heavy atom. The van der Waals surface area contributed by atoms with Crippen molar-refractivity contribution >= 4 is 16.7 Å². The molecule has 114 valence electrons. The number of aromatic nitrogens is 2. The van der Waals surface area contributed by atoms with Crippen molar-refractivity contribution in [1.29, 1.82) is 0 Å². The molecule has 0 saturated heterocycles. The lowest BCUT2D eigenvalue weighted by atomic mass is 9.86. The molecule has 0 amide bonds. The van der Waals surface area contributed by atoms with E-state index in [1.807, 2.05) is 0 Å². The summed E-state index contributed by atoms with van der Waals surface area (Å²) in [6.45, 7) is 7.70. The quantitative estimate of drug-likeness (QED) is 0.925. The maximum atomic E-state index is 4.63. The summed E-state index contributed by atoms with van der Waals surface area (Å²) in [6.07, 6.45) is 5.15. The molecule has 0 spiro atoms. The summed E-state index contributed by atoms with van der Waals surface area (Å²) in [5.41, 5.74) is 0.0415. The van der Waals surface area contributed by atoms with Gasteiger partial charge in [-0.25, -0.2) is 4.98 Å².